The molecule has 2 aliphatic rings. The van der Waals surface area contributed by atoms with E-state index in [1.54, 1.807) is 21.3 Å². The van der Waals surface area contributed by atoms with Crippen LogP contribution in [0.25, 0.3) is 0 Å². The number of piperidine rings is 1. The summed E-state index contributed by atoms with van der Waals surface area (Å²) < 4.78 is 29.3. The lowest BCUT2D eigenvalue weighted by Gasteiger charge is -2.34. The first kappa shape index (κ1) is 38.2. The quantitative estimate of drug-likeness (QED) is 0.234. The van der Waals surface area contributed by atoms with Crippen molar-refractivity contribution >= 4 is 52.6 Å². The zero-order valence-electron chi connectivity index (χ0n) is 29.6. The summed E-state index contributed by atoms with van der Waals surface area (Å²) in [5, 5.41) is 12.5. The molecule has 0 spiro atoms. The Bertz CT molecular complexity index is 1500. The summed E-state index contributed by atoms with van der Waals surface area (Å²) in [6, 6.07) is 1.45. The molecule has 4 heterocycles. The van der Waals surface area contributed by atoms with E-state index in [1.807, 2.05) is 68.6 Å². The number of halogens is 2. The molecule has 1 aromatic carbocycles. The lowest BCUT2D eigenvalue weighted by Crippen LogP contribution is -2.41. The van der Waals surface area contributed by atoms with E-state index in [2.05, 4.69) is 39.5 Å². The maximum absolute atomic E-state index is 15.9. The first-order valence-corrected chi connectivity index (χ1v) is 17.8. The van der Waals surface area contributed by atoms with Crippen LogP contribution in [-0.4, -0.2) is 60.8 Å². The summed E-state index contributed by atoms with van der Waals surface area (Å²) in [7, 11) is 1.86. The van der Waals surface area contributed by atoms with Gasteiger partial charge in [-0.3, -0.25) is 4.68 Å². The Morgan fingerprint density at radius 2 is 1.81 bits per heavy atom. The number of hydrogen-bond acceptors (Lipinski definition) is 9. The first-order chi connectivity index (χ1) is 22.3. The van der Waals surface area contributed by atoms with Crippen LogP contribution in [0, 0.1) is 5.82 Å². The Kier molecular flexibility index (Phi) is 13.6. The van der Waals surface area contributed by atoms with Crippen molar-refractivity contribution in [1.29, 1.82) is 0 Å². The predicted molar refractivity (Wildman–Crippen MR) is 190 cm³/mol. The van der Waals surface area contributed by atoms with Crippen molar-refractivity contribution in [3.05, 3.63) is 40.4 Å². The fourth-order valence-corrected chi connectivity index (χ4v) is 6.40. The number of aromatic nitrogens is 4. The standard InChI is InChI=1S/C30H39ClFN7O3S.2C2H6/c1-16(2)43-27-23(15-38(7)37-27)34-26-20(31)14-33-28(36-26)35-22-13-21(32)24(19-12-17(3)41-25(19)22)18-8-10-39(11-9-18)29(40)42-30(4,5)6;2*1-2/h13-18H,8-12H2,1-7H3,(H2,33,34,35,36);2*1-2H3/t17-;;/m1../s1. The summed E-state index contributed by atoms with van der Waals surface area (Å²) >= 11 is 8.08. The van der Waals surface area contributed by atoms with Crippen LogP contribution < -0.4 is 15.4 Å². The van der Waals surface area contributed by atoms with E-state index in [9.17, 15) is 4.79 Å². The number of ether oxygens (including phenoxy) is 2. The maximum atomic E-state index is 15.9. The average Bonchev–Trinajstić information content (AvgIpc) is 3.56. The fourth-order valence-electron chi connectivity index (χ4n) is 5.41. The summed E-state index contributed by atoms with van der Waals surface area (Å²) in [5.74, 6) is 0.909. The van der Waals surface area contributed by atoms with Crippen LogP contribution in [0.3, 0.4) is 0 Å². The number of amides is 1. The van der Waals surface area contributed by atoms with Crippen LogP contribution >= 0.6 is 23.4 Å². The largest absolute Gasteiger partial charge is 0.488 e. The molecule has 47 heavy (non-hydrogen) atoms. The van der Waals surface area contributed by atoms with E-state index in [0.29, 0.717) is 65.4 Å². The molecule has 3 aromatic rings. The molecule has 0 saturated carbocycles. The molecule has 0 radical (unpaired) electrons. The highest BCUT2D eigenvalue weighted by molar-refractivity contribution is 8.00. The summed E-state index contributed by atoms with van der Waals surface area (Å²) in [6.45, 7) is 20.7. The normalized spacial score (nSPS) is 16.0. The molecule has 0 bridgehead atoms. The van der Waals surface area contributed by atoms with Crippen molar-refractivity contribution in [3.8, 4) is 5.75 Å². The molecule has 1 fully saturated rings. The van der Waals surface area contributed by atoms with Gasteiger partial charge in [0.25, 0.3) is 0 Å². The summed E-state index contributed by atoms with van der Waals surface area (Å²) in [5.41, 5.74) is 2.19. The van der Waals surface area contributed by atoms with Crippen LogP contribution in [-0.2, 0) is 18.2 Å². The maximum Gasteiger partial charge on any atom is 0.410 e. The molecular weight excluding hydrogens is 641 g/mol. The van der Waals surface area contributed by atoms with Gasteiger partial charge in [0.1, 0.15) is 33.3 Å². The van der Waals surface area contributed by atoms with E-state index in [4.69, 9.17) is 21.1 Å². The lowest BCUT2D eigenvalue weighted by molar-refractivity contribution is 0.0204. The van der Waals surface area contributed by atoms with Gasteiger partial charge in [-0.1, -0.05) is 64.9 Å². The molecule has 5 rings (SSSR count). The van der Waals surface area contributed by atoms with Crippen molar-refractivity contribution in [1.82, 2.24) is 24.6 Å². The number of carbonyl (C=O) groups excluding carboxylic acids is 1. The highest BCUT2D eigenvalue weighted by Crippen LogP contribution is 2.45. The third kappa shape index (κ3) is 9.88. The molecule has 0 aliphatic carbocycles. The van der Waals surface area contributed by atoms with Gasteiger partial charge in [0.15, 0.2) is 5.82 Å². The Morgan fingerprint density at radius 1 is 1.15 bits per heavy atom. The number of fused-ring (bicyclic) bond motifs is 1. The van der Waals surface area contributed by atoms with E-state index < -0.39 is 5.60 Å². The summed E-state index contributed by atoms with van der Waals surface area (Å²) in [4.78, 5) is 23.2. The average molecular weight is 692 g/mol. The highest BCUT2D eigenvalue weighted by atomic mass is 35.5. The summed E-state index contributed by atoms with van der Waals surface area (Å²) in [6.07, 6.45) is 4.80. The Labute approximate surface area is 288 Å². The van der Waals surface area contributed by atoms with Crippen molar-refractivity contribution in [2.45, 2.75) is 116 Å². The molecule has 1 amide bonds. The molecule has 260 valence electrons. The zero-order chi connectivity index (χ0) is 35.1. The molecule has 1 saturated heterocycles. The minimum absolute atomic E-state index is 0.0321. The van der Waals surface area contributed by atoms with Gasteiger partial charge < -0.3 is 25.0 Å². The lowest BCUT2D eigenvalue weighted by atomic mass is 9.84. The van der Waals surface area contributed by atoms with Gasteiger partial charge in [-0.05, 0) is 52.0 Å². The number of rotatable bonds is 7. The highest BCUT2D eigenvalue weighted by Gasteiger charge is 2.35. The van der Waals surface area contributed by atoms with Crippen molar-refractivity contribution in [2.75, 3.05) is 23.7 Å². The third-order valence-corrected chi connectivity index (χ3v) is 8.40. The molecule has 2 aliphatic heterocycles. The van der Waals surface area contributed by atoms with Gasteiger partial charge in [0, 0.05) is 49.6 Å². The van der Waals surface area contributed by atoms with Crippen LogP contribution in [0.1, 0.15) is 99.1 Å². The first-order valence-electron chi connectivity index (χ1n) is 16.5. The van der Waals surface area contributed by atoms with Crippen LogP contribution in [0.5, 0.6) is 5.75 Å². The van der Waals surface area contributed by atoms with Gasteiger partial charge in [0.2, 0.25) is 5.95 Å². The molecular formula is C34H51ClFN7O3S. The molecule has 0 unspecified atom stereocenters. The second-order valence-electron chi connectivity index (χ2n) is 12.3. The smallest absolute Gasteiger partial charge is 0.410 e. The molecule has 2 aromatic heterocycles. The number of aryl methyl sites for hydroxylation is 1. The second-order valence-corrected chi connectivity index (χ2v) is 14.3. The van der Waals surface area contributed by atoms with Gasteiger partial charge in [-0.2, -0.15) is 10.1 Å². The fraction of sp³-hybridized carbons (Fsp3) is 0.588. The van der Waals surface area contributed by atoms with E-state index in [-0.39, 0.29) is 29.9 Å². The molecule has 10 nitrogen and oxygen atoms in total. The van der Waals surface area contributed by atoms with Gasteiger partial charge in [0.05, 0.1) is 17.6 Å². The minimum atomic E-state index is -0.559. The minimum Gasteiger partial charge on any atom is -0.488 e. The van der Waals surface area contributed by atoms with Crippen LogP contribution in [0.2, 0.25) is 5.02 Å². The van der Waals surface area contributed by atoms with Crippen LogP contribution in [0.15, 0.2) is 23.5 Å². The number of anilines is 4. The number of nitrogens with zero attached hydrogens (tertiary/aromatic N) is 5. The zero-order valence-corrected chi connectivity index (χ0v) is 31.2. The number of carbonyl (C=O) groups is 1. The van der Waals surface area contributed by atoms with E-state index in [1.165, 1.54) is 12.3 Å². The molecule has 1 atom stereocenters. The van der Waals surface area contributed by atoms with Crippen molar-refractivity contribution in [2.24, 2.45) is 7.05 Å². The van der Waals surface area contributed by atoms with Crippen LogP contribution in [0.4, 0.5) is 32.3 Å². The number of hydrogen-bond donors (Lipinski definition) is 2. The number of thioether (sulfide) groups is 1. The Hall–Kier alpha value is -3.25. The van der Waals surface area contributed by atoms with E-state index >= 15 is 4.39 Å². The molecule has 2 N–H and O–H groups in total. The Morgan fingerprint density at radius 3 is 2.43 bits per heavy atom. The number of likely N-dealkylation sites (tertiary alicyclic amines) is 1. The third-order valence-electron chi connectivity index (χ3n) is 7.12. The second kappa shape index (κ2) is 16.7. The SMILES string of the molecule is CC.CC.CC(C)Sc1nn(C)cc1Nc1nc(Nc2cc(F)c(C3CCN(C(=O)OC(C)(C)C)CC3)c3c2O[C@H](C)C3)ncc1Cl. The van der Waals surface area contributed by atoms with Gasteiger partial charge >= 0.3 is 6.09 Å². The van der Waals surface area contributed by atoms with Crippen molar-refractivity contribution < 1.29 is 18.7 Å². The molecule has 13 heteroatoms. The topological polar surface area (TPSA) is 106 Å². The number of nitrogens with one attached hydrogen (secondary N) is 2. The van der Waals surface area contributed by atoms with E-state index in [0.717, 1.165) is 16.3 Å². The predicted octanol–water partition coefficient (Wildman–Crippen LogP) is 9.48. The Balaban J connectivity index is 0.00000144. The van der Waals surface area contributed by atoms with Crippen molar-refractivity contribution in [3.63, 3.8) is 0 Å². The monoisotopic (exact) mass is 691 g/mol. The van der Waals surface area contributed by atoms with Gasteiger partial charge in [-0.25, -0.2) is 14.2 Å². The van der Waals surface area contributed by atoms with Gasteiger partial charge in [-0.15, -0.1) is 0 Å². The number of benzene rings is 1.